The molecule has 0 spiro atoms. The van der Waals surface area contributed by atoms with Crippen molar-refractivity contribution in [2.45, 2.75) is 90.4 Å². The minimum absolute atomic E-state index is 0.108. The molecule has 2 nitrogen and oxygen atoms in total. The first-order valence-electron chi connectivity index (χ1n) is 7.97. The van der Waals surface area contributed by atoms with E-state index >= 15 is 0 Å². The molecule has 0 aliphatic heterocycles. The molecule has 0 saturated heterocycles. The van der Waals surface area contributed by atoms with Crippen LogP contribution in [0.3, 0.4) is 0 Å². The maximum absolute atomic E-state index is 10.9. The molecule has 0 aromatic carbocycles. The normalized spacial score (nSPS) is 16.7. The third-order valence-corrected chi connectivity index (χ3v) is 4.32. The van der Waals surface area contributed by atoms with Crippen LogP contribution in [0.15, 0.2) is 0 Å². The second-order valence-corrected chi connectivity index (χ2v) is 6.22. The fourth-order valence-corrected chi connectivity index (χ4v) is 2.87. The Kier molecular flexibility index (Phi) is 7.38. The van der Waals surface area contributed by atoms with Crippen molar-refractivity contribution in [2.75, 3.05) is 0 Å². The van der Waals surface area contributed by atoms with Gasteiger partial charge in [0.1, 0.15) is 0 Å². The number of hydrogen-bond acceptors (Lipinski definition) is 1. The molecular weight excluding hydrogens is 222 g/mol. The Hall–Kier alpha value is -0.530. The molecule has 1 amide bonds. The quantitative estimate of drug-likeness (QED) is 0.509. The maximum atomic E-state index is 10.9. The minimum atomic E-state index is -0.108. The first kappa shape index (κ1) is 15.5. The number of carbonyl (C=O) groups is 1. The third-order valence-electron chi connectivity index (χ3n) is 4.32. The maximum Gasteiger partial charge on any atom is 0.217 e. The predicted octanol–water partition coefficient (Wildman–Crippen LogP) is 4.56. The summed E-state index contributed by atoms with van der Waals surface area (Å²) >= 11 is 0. The van der Waals surface area contributed by atoms with Crippen LogP contribution in [-0.4, -0.2) is 5.91 Å². The van der Waals surface area contributed by atoms with Gasteiger partial charge < -0.3 is 5.73 Å². The van der Waals surface area contributed by atoms with Crippen molar-refractivity contribution in [3.8, 4) is 0 Å². The fraction of sp³-hybridized carbons (Fsp3) is 0.938. The highest BCUT2D eigenvalue weighted by molar-refractivity contribution is 5.75. The van der Waals surface area contributed by atoms with E-state index in [1.54, 1.807) is 0 Å². The zero-order valence-corrected chi connectivity index (χ0v) is 12.2. The molecule has 1 rings (SSSR count). The van der Waals surface area contributed by atoms with Crippen LogP contribution in [0.2, 0.25) is 0 Å². The lowest BCUT2D eigenvalue weighted by Crippen LogP contribution is -2.17. The largest absolute Gasteiger partial charge is 0.370 e. The summed E-state index contributed by atoms with van der Waals surface area (Å²) in [7, 11) is 0. The Morgan fingerprint density at radius 3 is 1.89 bits per heavy atom. The Balaban J connectivity index is 1.85. The lowest BCUT2D eigenvalue weighted by atomic mass is 9.94. The summed E-state index contributed by atoms with van der Waals surface area (Å²) in [6, 6.07) is 0. The van der Waals surface area contributed by atoms with Crippen LogP contribution in [0.25, 0.3) is 0 Å². The Morgan fingerprint density at radius 1 is 0.944 bits per heavy atom. The van der Waals surface area contributed by atoms with Gasteiger partial charge in [-0.05, 0) is 24.7 Å². The molecule has 0 radical (unpaired) electrons. The van der Waals surface area contributed by atoms with Crippen molar-refractivity contribution >= 4 is 5.91 Å². The van der Waals surface area contributed by atoms with Gasteiger partial charge in [-0.15, -0.1) is 0 Å². The zero-order chi connectivity index (χ0) is 13.3. The first-order valence-corrected chi connectivity index (χ1v) is 7.97. The van der Waals surface area contributed by atoms with E-state index in [1.165, 1.54) is 77.0 Å². The van der Waals surface area contributed by atoms with E-state index in [9.17, 15) is 4.79 Å². The van der Waals surface area contributed by atoms with Crippen molar-refractivity contribution in [3.05, 3.63) is 0 Å². The number of amides is 1. The van der Waals surface area contributed by atoms with Gasteiger partial charge in [0.15, 0.2) is 0 Å². The molecular formula is C16H31NO. The van der Waals surface area contributed by atoms with Gasteiger partial charge in [-0.1, -0.05) is 64.7 Å². The molecule has 106 valence electrons. The lowest BCUT2D eigenvalue weighted by Gasteiger charge is -2.12. The van der Waals surface area contributed by atoms with Crippen LogP contribution in [0.5, 0.6) is 0 Å². The fourth-order valence-electron chi connectivity index (χ4n) is 2.87. The Morgan fingerprint density at radius 2 is 1.44 bits per heavy atom. The molecule has 2 N–H and O–H groups in total. The summed E-state index contributed by atoms with van der Waals surface area (Å²) in [6.45, 7) is 2.26. The van der Waals surface area contributed by atoms with E-state index in [0.29, 0.717) is 11.8 Å². The SMILES string of the molecule is CCCCCCCCCCCC1(CC(N)=O)CC1. The predicted molar refractivity (Wildman–Crippen MR) is 77.3 cm³/mol. The van der Waals surface area contributed by atoms with Crippen LogP contribution in [-0.2, 0) is 4.79 Å². The van der Waals surface area contributed by atoms with Crippen molar-refractivity contribution in [1.82, 2.24) is 0 Å². The van der Waals surface area contributed by atoms with Crippen LogP contribution in [0, 0.1) is 5.41 Å². The molecule has 0 bridgehead atoms. The van der Waals surface area contributed by atoms with E-state index in [2.05, 4.69) is 6.92 Å². The van der Waals surface area contributed by atoms with E-state index < -0.39 is 0 Å². The smallest absolute Gasteiger partial charge is 0.217 e. The number of hydrogen-bond donors (Lipinski definition) is 1. The summed E-state index contributed by atoms with van der Waals surface area (Å²) in [4.78, 5) is 10.9. The monoisotopic (exact) mass is 253 g/mol. The lowest BCUT2D eigenvalue weighted by molar-refractivity contribution is -0.119. The topological polar surface area (TPSA) is 43.1 Å². The number of primary amides is 1. The molecule has 1 fully saturated rings. The van der Waals surface area contributed by atoms with Gasteiger partial charge >= 0.3 is 0 Å². The molecule has 0 unspecified atom stereocenters. The van der Waals surface area contributed by atoms with Crippen molar-refractivity contribution in [1.29, 1.82) is 0 Å². The minimum Gasteiger partial charge on any atom is -0.370 e. The highest BCUT2D eigenvalue weighted by Gasteiger charge is 2.42. The number of rotatable bonds is 12. The first-order chi connectivity index (χ1) is 8.68. The van der Waals surface area contributed by atoms with Gasteiger partial charge in [0, 0.05) is 6.42 Å². The average Bonchev–Trinajstić information content (AvgIpc) is 3.06. The van der Waals surface area contributed by atoms with Gasteiger partial charge in [-0.3, -0.25) is 4.79 Å². The molecule has 18 heavy (non-hydrogen) atoms. The van der Waals surface area contributed by atoms with E-state index in [1.807, 2.05) is 0 Å². The summed E-state index contributed by atoms with van der Waals surface area (Å²) < 4.78 is 0. The number of unbranched alkanes of at least 4 members (excludes halogenated alkanes) is 8. The van der Waals surface area contributed by atoms with E-state index in [0.717, 1.165) is 0 Å². The summed E-state index contributed by atoms with van der Waals surface area (Å²) in [5.41, 5.74) is 5.63. The second-order valence-electron chi connectivity index (χ2n) is 6.22. The third kappa shape index (κ3) is 7.03. The van der Waals surface area contributed by atoms with Crippen LogP contribution in [0.1, 0.15) is 90.4 Å². The van der Waals surface area contributed by atoms with Gasteiger partial charge in [0.05, 0.1) is 0 Å². The van der Waals surface area contributed by atoms with E-state index in [-0.39, 0.29) is 5.91 Å². The molecule has 1 aliphatic rings. The van der Waals surface area contributed by atoms with Crippen LogP contribution < -0.4 is 5.73 Å². The molecule has 0 atom stereocenters. The Bertz CT molecular complexity index is 233. The van der Waals surface area contributed by atoms with Crippen LogP contribution in [0.4, 0.5) is 0 Å². The summed E-state index contributed by atoms with van der Waals surface area (Å²) in [5.74, 6) is -0.108. The van der Waals surface area contributed by atoms with Crippen molar-refractivity contribution in [2.24, 2.45) is 11.1 Å². The number of nitrogens with two attached hydrogens (primary N) is 1. The highest BCUT2D eigenvalue weighted by Crippen LogP contribution is 2.52. The molecule has 2 heteroatoms. The number of carbonyl (C=O) groups excluding carboxylic acids is 1. The molecule has 1 saturated carbocycles. The van der Waals surface area contributed by atoms with Gasteiger partial charge in [0.25, 0.3) is 0 Å². The van der Waals surface area contributed by atoms with Gasteiger partial charge in [-0.2, -0.15) is 0 Å². The average molecular weight is 253 g/mol. The zero-order valence-electron chi connectivity index (χ0n) is 12.2. The van der Waals surface area contributed by atoms with Gasteiger partial charge in [-0.25, -0.2) is 0 Å². The Labute approximate surface area is 113 Å². The standard InChI is InChI=1S/C16H31NO/c1-2-3-4-5-6-7-8-9-10-11-16(12-13-16)14-15(17)18/h2-14H2,1H3,(H2,17,18). The van der Waals surface area contributed by atoms with E-state index in [4.69, 9.17) is 5.73 Å². The molecule has 0 aromatic heterocycles. The molecule has 0 heterocycles. The van der Waals surface area contributed by atoms with Crippen molar-refractivity contribution < 1.29 is 4.79 Å². The van der Waals surface area contributed by atoms with Crippen molar-refractivity contribution in [3.63, 3.8) is 0 Å². The second kappa shape index (κ2) is 8.55. The highest BCUT2D eigenvalue weighted by atomic mass is 16.1. The molecule has 0 aromatic rings. The van der Waals surface area contributed by atoms with Crippen LogP contribution >= 0.6 is 0 Å². The molecule has 1 aliphatic carbocycles. The summed E-state index contributed by atoms with van der Waals surface area (Å²) in [6.07, 6.45) is 16.7. The summed E-state index contributed by atoms with van der Waals surface area (Å²) in [5, 5.41) is 0. The van der Waals surface area contributed by atoms with Gasteiger partial charge in [0.2, 0.25) is 5.91 Å².